The van der Waals surface area contributed by atoms with Gasteiger partial charge in [0.05, 0.1) is 18.1 Å². The Morgan fingerprint density at radius 3 is 2.85 bits per heavy atom. The van der Waals surface area contributed by atoms with Crippen LogP contribution in [0.5, 0.6) is 0 Å². The summed E-state index contributed by atoms with van der Waals surface area (Å²) in [6, 6.07) is 2.29. The molecule has 0 aromatic rings. The number of halogens is 1. The highest BCUT2D eigenvalue weighted by Crippen LogP contribution is 2.49. The molecule has 2 nitrogen and oxygen atoms in total. The number of allylic oxidation sites excluding steroid dienone is 2. The van der Waals surface area contributed by atoms with Crippen molar-refractivity contribution in [1.82, 2.24) is 0 Å². The number of rotatable bonds is 2. The summed E-state index contributed by atoms with van der Waals surface area (Å²) in [7, 11) is 0. The smallest absolute Gasteiger partial charge is 0.0722 e. The van der Waals surface area contributed by atoms with Gasteiger partial charge in [-0.05, 0) is 18.3 Å². The number of nitriles is 1. The second-order valence-corrected chi connectivity index (χ2v) is 4.21. The van der Waals surface area contributed by atoms with Crippen molar-refractivity contribution in [3.63, 3.8) is 0 Å². The molecular weight excluding hydrogens is 186 g/mol. The summed E-state index contributed by atoms with van der Waals surface area (Å²) in [4.78, 5) is 0. The molecule has 2 aliphatic carbocycles. The van der Waals surface area contributed by atoms with Gasteiger partial charge in [0.15, 0.2) is 0 Å². The lowest BCUT2D eigenvalue weighted by molar-refractivity contribution is 0.0968. The fraction of sp³-hybridized carbons (Fsp3) is 0.700. The highest BCUT2D eigenvalue weighted by Gasteiger charge is 2.47. The third kappa shape index (κ3) is 1.27. The number of hydrogen-bond donors (Lipinski definition) is 1. The Hall–Kier alpha value is -0.520. The zero-order chi connectivity index (χ0) is 9.42. The van der Waals surface area contributed by atoms with Crippen LogP contribution in [0.2, 0.25) is 0 Å². The van der Waals surface area contributed by atoms with Crippen LogP contribution in [-0.4, -0.2) is 17.1 Å². The van der Waals surface area contributed by atoms with Gasteiger partial charge in [-0.2, -0.15) is 5.26 Å². The van der Waals surface area contributed by atoms with Crippen LogP contribution in [0.15, 0.2) is 12.2 Å². The molecule has 70 valence electrons. The minimum Gasteiger partial charge on any atom is -0.392 e. The second-order valence-electron chi connectivity index (χ2n) is 3.90. The largest absolute Gasteiger partial charge is 0.392 e. The number of alkyl halides is 1. The van der Waals surface area contributed by atoms with E-state index in [0.29, 0.717) is 11.8 Å². The summed E-state index contributed by atoms with van der Waals surface area (Å²) in [6.07, 6.45) is 4.73. The molecule has 0 aliphatic heterocycles. The lowest BCUT2D eigenvalue weighted by Crippen LogP contribution is -2.31. The fourth-order valence-corrected chi connectivity index (χ4v) is 2.88. The zero-order valence-corrected chi connectivity index (χ0v) is 7.98. The highest BCUT2D eigenvalue weighted by atomic mass is 35.5. The van der Waals surface area contributed by atoms with Crippen molar-refractivity contribution >= 4 is 11.6 Å². The molecule has 0 spiro atoms. The molecule has 0 heterocycles. The molecule has 0 amide bonds. The van der Waals surface area contributed by atoms with Crippen molar-refractivity contribution < 1.29 is 5.11 Å². The molecule has 1 saturated carbocycles. The van der Waals surface area contributed by atoms with E-state index in [1.807, 2.05) is 0 Å². The van der Waals surface area contributed by atoms with Gasteiger partial charge in [0, 0.05) is 11.8 Å². The minimum absolute atomic E-state index is 0.0243. The third-order valence-corrected chi connectivity index (χ3v) is 3.59. The van der Waals surface area contributed by atoms with Crippen LogP contribution in [0, 0.1) is 35.0 Å². The van der Waals surface area contributed by atoms with Crippen LogP contribution in [-0.2, 0) is 0 Å². The maximum Gasteiger partial charge on any atom is 0.0722 e. The van der Waals surface area contributed by atoms with E-state index < -0.39 is 6.10 Å². The standard InChI is InChI=1S/C10H12ClNO/c11-4-9(13)10-7-2-1-6(3-7)8(10)5-12/h1-2,6-10,13H,3-4H2. The number of hydrogen-bond acceptors (Lipinski definition) is 2. The molecule has 0 aromatic heterocycles. The molecule has 5 atom stereocenters. The topological polar surface area (TPSA) is 44.0 Å². The van der Waals surface area contributed by atoms with E-state index in [2.05, 4.69) is 18.2 Å². The van der Waals surface area contributed by atoms with Crippen LogP contribution in [0.1, 0.15) is 6.42 Å². The Kier molecular flexibility index (Phi) is 2.31. The van der Waals surface area contributed by atoms with Gasteiger partial charge in [-0.3, -0.25) is 0 Å². The predicted molar refractivity (Wildman–Crippen MR) is 50.1 cm³/mol. The van der Waals surface area contributed by atoms with Gasteiger partial charge in [0.25, 0.3) is 0 Å². The molecule has 2 rings (SSSR count). The highest BCUT2D eigenvalue weighted by molar-refractivity contribution is 6.18. The van der Waals surface area contributed by atoms with E-state index in [9.17, 15) is 5.11 Å². The molecule has 3 heteroatoms. The number of aliphatic hydroxyl groups excluding tert-OH is 1. The molecule has 2 aliphatic rings. The lowest BCUT2D eigenvalue weighted by Gasteiger charge is -2.26. The maximum atomic E-state index is 9.66. The summed E-state index contributed by atoms with van der Waals surface area (Å²) in [5.41, 5.74) is 0. The molecule has 0 radical (unpaired) electrons. The van der Waals surface area contributed by atoms with E-state index in [1.54, 1.807) is 0 Å². The molecule has 0 aromatic carbocycles. The fourth-order valence-electron chi connectivity index (χ4n) is 2.67. The van der Waals surface area contributed by atoms with Gasteiger partial charge in [-0.15, -0.1) is 11.6 Å². The van der Waals surface area contributed by atoms with Crippen molar-refractivity contribution in [2.24, 2.45) is 23.7 Å². The maximum absolute atomic E-state index is 9.66. The predicted octanol–water partition coefficient (Wildman–Crippen LogP) is 1.55. The van der Waals surface area contributed by atoms with Gasteiger partial charge < -0.3 is 5.11 Å². The number of nitrogens with zero attached hydrogens (tertiary/aromatic N) is 1. The number of fused-ring (bicyclic) bond motifs is 2. The SMILES string of the molecule is N#CC1C2C=CC(C2)C1C(O)CCl. The summed E-state index contributed by atoms with van der Waals surface area (Å²) in [5, 5.41) is 18.6. The summed E-state index contributed by atoms with van der Waals surface area (Å²) >= 11 is 5.61. The van der Waals surface area contributed by atoms with Gasteiger partial charge in [0.1, 0.15) is 0 Å². The summed E-state index contributed by atoms with van der Waals surface area (Å²) < 4.78 is 0. The first-order valence-corrected chi connectivity index (χ1v) is 5.13. The second kappa shape index (κ2) is 3.32. The molecular formula is C10H12ClNO. The van der Waals surface area contributed by atoms with Gasteiger partial charge >= 0.3 is 0 Å². The van der Waals surface area contributed by atoms with Crippen molar-refractivity contribution in [3.05, 3.63) is 12.2 Å². The normalized spacial score (nSPS) is 43.5. The Balaban J connectivity index is 2.19. The third-order valence-electron chi connectivity index (χ3n) is 3.27. The van der Waals surface area contributed by atoms with E-state index in [-0.39, 0.29) is 17.7 Å². The molecule has 0 saturated heterocycles. The molecule has 13 heavy (non-hydrogen) atoms. The van der Waals surface area contributed by atoms with Crippen molar-refractivity contribution in [1.29, 1.82) is 5.26 Å². The van der Waals surface area contributed by atoms with Crippen molar-refractivity contribution in [2.75, 3.05) is 5.88 Å². The first kappa shape index (κ1) is 9.05. The van der Waals surface area contributed by atoms with Crippen LogP contribution in [0.4, 0.5) is 0 Å². The van der Waals surface area contributed by atoms with Crippen molar-refractivity contribution in [2.45, 2.75) is 12.5 Å². The van der Waals surface area contributed by atoms with Gasteiger partial charge in [-0.1, -0.05) is 12.2 Å². The Labute approximate surface area is 82.8 Å². The van der Waals surface area contributed by atoms with E-state index in [0.717, 1.165) is 6.42 Å². The van der Waals surface area contributed by atoms with E-state index in [4.69, 9.17) is 16.9 Å². The zero-order valence-electron chi connectivity index (χ0n) is 7.23. The Bertz CT molecular complexity index is 271. The number of aliphatic hydroxyl groups is 1. The Morgan fingerprint density at radius 1 is 1.54 bits per heavy atom. The minimum atomic E-state index is -0.522. The van der Waals surface area contributed by atoms with Crippen LogP contribution in [0.3, 0.4) is 0 Å². The van der Waals surface area contributed by atoms with Crippen molar-refractivity contribution in [3.8, 4) is 6.07 Å². The van der Waals surface area contributed by atoms with Crippen LogP contribution >= 0.6 is 11.6 Å². The van der Waals surface area contributed by atoms with Gasteiger partial charge in [0.2, 0.25) is 0 Å². The first-order valence-electron chi connectivity index (χ1n) is 4.60. The van der Waals surface area contributed by atoms with Gasteiger partial charge in [-0.25, -0.2) is 0 Å². The molecule has 1 fully saturated rings. The molecule has 5 unspecified atom stereocenters. The van der Waals surface area contributed by atoms with Crippen LogP contribution < -0.4 is 0 Å². The van der Waals surface area contributed by atoms with Crippen LogP contribution in [0.25, 0.3) is 0 Å². The monoisotopic (exact) mass is 197 g/mol. The van der Waals surface area contributed by atoms with E-state index >= 15 is 0 Å². The van der Waals surface area contributed by atoms with E-state index in [1.165, 1.54) is 0 Å². The summed E-state index contributed by atoms with van der Waals surface area (Å²) in [6.45, 7) is 0. The average molecular weight is 198 g/mol. The molecule has 1 N–H and O–H groups in total. The molecule has 2 bridgehead atoms. The summed E-state index contributed by atoms with van der Waals surface area (Å²) in [5.74, 6) is 1.02. The average Bonchev–Trinajstić information content (AvgIpc) is 2.74. The lowest BCUT2D eigenvalue weighted by atomic mass is 9.81. The Morgan fingerprint density at radius 2 is 2.23 bits per heavy atom. The first-order chi connectivity index (χ1) is 6.27. The quantitative estimate of drug-likeness (QED) is 0.539.